The molecule has 1 aromatic carbocycles. The Labute approximate surface area is 264 Å². The number of aromatic nitrogens is 3. The van der Waals surface area contributed by atoms with Crippen LogP contribution in [0.2, 0.25) is 0 Å². The van der Waals surface area contributed by atoms with E-state index < -0.39 is 0 Å². The van der Waals surface area contributed by atoms with E-state index in [0.717, 1.165) is 63.8 Å². The zero-order valence-electron chi connectivity index (χ0n) is 26.1. The van der Waals surface area contributed by atoms with Crippen LogP contribution >= 0.6 is 0 Å². The maximum absolute atomic E-state index is 12.9. The molecule has 2 saturated heterocycles. The fourth-order valence-electron chi connectivity index (χ4n) is 4.79. The van der Waals surface area contributed by atoms with Crippen LogP contribution in [0.25, 0.3) is 0 Å². The summed E-state index contributed by atoms with van der Waals surface area (Å²) in [5, 5.41) is 6.67. The summed E-state index contributed by atoms with van der Waals surface area (Å²) in [7, 11) is 1.59. The molecule has 2 aromatic heterocycles. The Morgan fingerprint density at radius 1 is 1.11 bits per heavy atom. The number of morpholine rings is 1. The Morgan fingerprint density at radius 3 is 2.67 bits per heavy atom. The van der Waals surface area contributed by atoms with Gasteiger partial charge in [-0.05, 0) is 31.5 Å². The van der Waals surface area contributed by atoms with Crippen molar-refractivity contribution in [1.82, 2.24) is 24.6 Å². The summed E-state index contributed by atoms with van der Waals surface area (Å²) in [5.41, 5.74) is 1.74. The van der Waals surface area contributed by atoms with Gasteiger partial charge in [-0.1, -0.05) is 17.7 Å². The lowest BCUT2D eigenvalue weighted by Gasteiger charge is -2.28. The molecule has 2 fully saturated rings. The average molecular weight is 625 g/mol. The van der Waals surface area contributed by atoms with Gasteiger partial charge in [0.05, 0.1) is 52.0 Å². The van der Waals surface area contributed by atoms with Crippen LogP contribution in [-0.4, -0.2) is 116 Å². The maximum Gasteiger partial charge on any atom is 0.244 e. The van der Waals surface area contributed by atoms with E-state index in [1.165, 1.54) is 16.4 Å². The van der Waals surface area contributed by atoms with Crippen LogP contribution in [-0.2, 0) is 25.6 Å². The Balaban J connectivity index is 0.000000273. The molecular formula is C32H44N6O7. The highest BCUT2D eigenvalue weighted by atomic mass is 16.5. The highest BCUT2D eigenvalue weighted by Crippen LogP contribution is 2.20. The van der Waals surface area contributed by atoms with Gasteiger partial charge in [-0.2, -0.15) is 5.10 Å². The number of anilines is 1. The van der Waals surface area contributed by atoms with Crippen LogP contribution in [0.1, 0.15) is 18.4 Å². The number of ether oxygens (including phenoxy) is 5. The van der Waals surface area contributed by atoms with Crippen molar-refractivity contribution in [3.05, 3.63) is 60.6 Å². The molecule has 2 aliphatic rings. The van der Waals surface area contributed by atoms with Crippen molar-refractivity contribution in [3.8, 4) is 17.4 Å². The van der Waals surface area contributed by atoms with Crippen LogP contribution in [0, 0.1) is 6.92 Å². The summed E-state index contributed by atoms with van der Waals surface area (Å²) < 4.78 is 28.6. The van der Waals surface area contributed by atoms with Gasteiger partial charge < -0.3 is 33.9 Å². The minimum absolute atomic E-state index is 0.0322. The summed E-state index contributed by atoms with van der Waals surface area (Å²) >= 11 is 0. The number of hydrogen-bond acceptors (Lipinski definition) is 10. The molecule has 4 heterocycles. The third kappa shape index (κ3) is 12.0. The Hall–Kier alpha value is -4.20. The van der Waals surface area contributed by atoms with E-state index >= 15 is 0 Å². The molecule has 1 N–H and O–H groups in total. The zero-order valence-corrected chi connectivity index (χ0v) is 26.1. The maximum atomic E-state index is 12.9. The molecule has 3 aromatic rings. The van der Waals surface area contributed by atoms with E-state index in [1.807, 2.05) is 42.2 Å². The molecule has 13 heteroatoms. The van der Waals surface area contributed by atoms with Crippen molar-refractivity contribution in [1.29, 1.82) is 0 Å². The summed E-state index contributed by atoms with van der Waals surface area (Å²) in [6, 6.07) is 11.5. The number of amides is 2. The van der Waals surface area contributed by atoms with Crippen LogP contribution in [0.5, 0.6) is 17.4 Å². The van der Waals surface area contributed by atoms with Crippen molar-refractivity contribution in [2.45, 2.75) is 32.4 Å². The Morgan fingerprint density at radius 2 is 1.93 bits per heavy atom. The lowest BCUT2D eigenvalue weighted by atomic mass is 10.2. The van der Waals surface area contributed by atoms with Gasteiger partial charge in [0.1, 0.15) is 30.8 Å². The lowest BCUT2D eigenvalue weighted by Crippen LogP contribution is -2.41. The fourth-order valence-corrected chi connectivity index (χ4v) is 4.79. The first-order valence-corrected chi connectivity index (χ1v) is 15.3. The number of rotatable bonds is 15. The van der Waals surface area contributed by atoms with Crippen molar-refractivity contribution >= 4 is 18.0 Å². The third-order valence-corrected chi connectivity index (χ3v) is 7.27. The van der Waals surface area contributed by atoms with Crippen molar-refractivity contribution in [3.63, 3.8) is 0 Å². The first kappa shape index (κ1) is 33.7. The number of hydrogen-bond donors (Lipinski definition) is 1. The van der Waals surface area contributed by atoms with Crippen LogP contribution in [0.3, 0.4) is 0 Å². The first-order chi connectivity index (χ1) is 22.0. The molecule has 0 bridgehead atoms. The molecule has 0 radical (unpaired) electrons. The molecule has 2 amide bonds. The summed E-state index contributed by atoms with van der Waals surface area (Å²) in [6.07, 6.45) is 7.42. The van der Waals surface area contributed by atoms with Gasteiger partial charge in [0.25, 0.3) is 0 Å². The molecule has 1 atom stereocenters. The largest absolute Gasteiger partial charge is 0.492 e. The number of pyridine rings is 1. The topological polar surface area (TPSA) is 130 Å². The van der Waals surface area contributed by atoms with Crippen LogP contribution < -0.4 is 19.5 Å². The molecule has 244 valence electrons. The molecule has 0 spiro atoms. The van der Waals surface area contributed by atoms with E-state index in [-0.39, 0.29) is 18.6 Å². The number of carbonyl (C=O) groups is 2. The van der Waals surface area contributed by atoms with Crippen molar-refractivity contribution < 1.29 is 33.3 Å². The smallest absolute Gasteiger partial charge is 0.244 e. The SMILES string of the molecule is COc1cc(OC2CCOC2)ccn1.Cc1ccc(OCCN(CCCN2CCOCC2)C(=O)Cn2cc(NC=O)cn2)cc1. The average Bonchev–Trinajstić information content (AvgIpc) is 3.74. The number of aryl methyl sites for hydroxylation is 1. The third-order valence-electron chi connectivity index (χ3n) is 7.27. The number of carbonyl (C=O) groups excluding carboxylic acids is 2. The normalized spacial score (nSPS) is 16.3. The standard InChI is InChI=1S/C22H31N5O4.C10H13NO3/c1-19-3-5-21(6-4-19)31-14-11-26(8-2-7-25-9-12-30-13-10-25)22(29)17-27-16-20(15-24-27)23-18-28;1-12-10-6-8(2-4-11-10)14-9-3-5-13-7-9/h3-6,15-16,18H,2,7-14,17H2,1H3,(H,23,28);2,4,6,9H,3,5,7H2,1H3. The molecule has 45 heavy (non-hydrogen) atoms. The zero-order chi connectivity index (χ0) is 31.7. The Bertz CT molecular complexity index is 1290. The predicted octanol–water partition coefficient (Wildman–Crippen LogP) is 2.65. The highest BCUT2D eigenvalue weighted by Gasteiger charge is 2.18. The molecular weight excluding hydrogens is 580 g/mol. The molecule has 0 aliphatic carbocycles. The predicted molar refractivity (Wildman–Crippen MR) is 168 cm³/mol. The van der Waals surface area contributed by atoms with Gasteiger partial charge in [0, 0.05) is 51.1 Å². The molecule has 5 rings (SSSR count). The highest BCUT2D eigenvalue weighted by molar-refractivity contribution is 5.76. The second-order valence-corrected chi connectivity index (χ2v) is 10.7. The van der Waals surface area contributed by atoms with E-state index in [9.17, 15) is 9.59 Å². The van der Waals surface area contributed by atoms with Gasteiger partial charge in [0.2, 0.25) is 18.2 Å². The van der Waals surface area contributed by atoms with Crippen LogP contribution in [0.15, 0.2) is 55.0 Å². The molecule has 2 aliphatic heterocycles. The first-order valence-electron chi connectivity index (χ1n) is 15.3. The van der Waals surface area contributed by atoms with E-state index in [2.05, 4.69) is 20.3 Å². The van der Waals surface area contributed by atoms with Gasteiger partial charge in [0.15, 0.2) is 0 Å². The quantitative estimate of drug-likeness (QED) is 0.252. The van der Waals surface area contributed by atoms with Gasteiger partial charge in [-0.3, -0.25) is 19.2 Å². The molecule has 1 unspecified atom stereocenters. The van der Waals surface area contributed by atoms with Gasteiger partial charge >= 0.3 is 0 Å². The molecule has 13 nitrogen and oxygen atoms in total. The van der Waals surface area contributed by atoms with Crippen molar-refractivity contribution in [2.75, 3.05) is 78.2 Å². The van der Waals surface area contributed by atoms with Crippen molar-refractivity contribution in [2.24, 2.45) is 0 Å². The number of benzene rings is 1. The van der Waals surface area contributed by atoms with E-state index in [1.54, 1.807) is 25.6 Å². The van der Waals surface area contributed by atoms with Gasteiger partial charge in [-0.25, -0.2) is 4.98 Å². The second kappa shape index (κ2) is 18.6. The minimum atomic E-state index is -0.0322. The second-order valence-electron chi connectivity index (χ2n) is 10.7. The number of methoxy groups -OCH3 is 1. The summed E-state index contributed by atoms with van der Waals surface area (Å²) in [6.45, 7) is 9.50. The van der Waals surface area contributed by atoms with Gasteiger partial charge in [-0.15, -0.1) is 0 Å². The monoisotopic (exact) mass is 624 g/mol. The number of nitrogens with zero attached hydrogens (tertiary/aromatic N) is 5. The number of nitrogens with one attached hydrogen (secondary N) is 1. The summed E-state index contributed by atoms with van der Waals surface area (Å²) in [5.74, 6) is 2.12. The van der Waals surface area contributed by atoms with Crippen LogP contribution in [0.4, 0.5) is 5.69 Å². The van der Waals surface area contributed by atoms with E-state index in [4.69, 9.17) is 23.7 Å². The summed E-state index contributed by atoms with van der Waals surface area (Å²) in [4.78, 5) is 31.7. The fraction of sp³-hybridized carbons (Fsp3) is 0.500. The molecule has 0 saturated carbocycles. The van der Waals surface area contributed by atoms with E-state index in [0.29, 0.717) is 44.3 Å². The lowest BCUT2D eigenvalue weighted by molar-refractivity contribution is -0.132. The Kier molecular flexibility index (Phi) is 13.9. The minimum Gasteiger partial charge on any atom is -0.492 e.